The van der Waals surface area contributed by atoms with E-state index in [0.29, 0.717) is 29.5 Å². The van der Waals surface area contributed by atoms with Gasteiger partial charge in [0.25, 0.3) is 0 Å². The quantitative estimate of drug-likeness (QED) is 0.446. The number of nitrogens with zero attached hydrogens (tertiary/aromatic N) is 1. The van der Waals surface area contributed by atoms with Crippen molar-refractivity contribution in [2.75, 3.05) is 19.7 Å². The lowest BCUT2D eigenvalue weighted by atomic mass is 9.90. The number of rotatable bonds is 6. The van der Waals surface area contributed by atoms with E-state index in [9.17, 15) is 10.2 Å². The fourth-order valence-corrected chi connectivity index (χ4v) is 4.86. The molecule has 182 valence electrons. The normalized spacial score (nSPS) is 20.9. The van der Waals surface area contributed by atoms with E-state index in [1.165, 1.54) is 30.7 Å². The smallest absolute Gasteiger partial charge is 0.152 e. The molecule has 3 aromatic rings. The van der Waals surface area contributed by atoms with Gasteiger partial charge in [-0.15, -0.1) is 0 Å². The Kier molecular flexibility index (Phi) is 6.39. The molecule has 1 fully saturated rings. The summed E-state index contributed by atoms with van der Waals surface area (Å²) in [5.74, 6) is 1.33. The summed E-state index contributed by atoms with van der Waals surface area (Å²) in [4.78, 5) is 2.46. The van der Waals surface area contributed by atoms with E-state index in [1.807, 2.05) is 24.3 Å². The molecular weight excluding hydrogens is 445 g/mol. The predicted octanol–water partition coefficient (Wildman–Crippen LogP) is 6.18. The Balaban J connectivity index is 1.41. The number of halogens is 1. The number of aromatic hydroxyl groups is 2. The number of ether oxygens (including phenoxy) is 2. The van der Waals surface area contributed by atoms with Crippen LogP contribution in [-0.4, -0.2) is 40.9 Å². The monoisotopic (exact) mass is 475 g/mol. The zero-order valence-electron chi connectivity index (χ0n) is 19.9. The van der Waals surface area contributed by atoms with E-state index in [2.05, 4.69) is 18.7 Å². The highest BCUT2D eigenvalue weighted by Gasteiger charge is 2.32. The second kappa shape index (κ2) is 9.62. The SMILES string of the molecule is C[C@@H]1CCN([C@@H](C)COc2ccc(C3Oc4ccc(O)cc4C(F)=C3c3cccc(O)c3)cc2)C1. The Hall–Kier alpha value is -3.51. The second-order valence-corrected chi connectivity index (χ2v) is 9.57. The van der Waals surface area contributed by atoms with Crippen LogP contribution in [0.5, 0.6) is 23.0 Å². The average Bonchev–Trinajstić information content (AvgIpc) is 3.29. The third-order valence-corrected chi connectivity index (χ3v) is 6.85. The van der Waals surface area contributed by atoms with Crippen LogP contribution in [0.3, 0.4) is 0 Å². The van der Waals surface area contributed by atoms with Crippen molar-refractivity contribution in [2.45, 2.75) is 32.4 Å². The van der Waals surface area contributed by atoms with Crippen LogP contribution in [0.15, 0.2) is 66.7 Å². The maximum Gasteiger partial charge on any atom is 0.152 e. The van der Waals surface area contributed by atoms with Crippen LogP contribution >= 0.6 is 0 Å². The molecule has 3 atom stereocenters. The fourth-order valence-electron chi connectivity index (χ4n) is 4.86. The van der Waals surface area contributed by atoms with Crippen molar-refractivity contribution in [2.24, 2.45) is 5.92 Å². The fraction of sp³-hybridized carbons (Fsp3) is 0.310. The van der Waals surface area contributed by atoms with Crippen LogP contribution in [0, 0.1) is 5.92 Å². The molecule has 3 aromatic carbocycles. The summed E-state index contributed by atoms with van der Waals surface area (Å²) in [6, 6.07) is 18.7. The Morgan fingerprint density at radius 3 is 2.54 bits per heavy atom. The molecule has 0 saturated carbocycles. The molecule has 5 rings (SSSR count). The van der Waals surface area contributed by atoms with Gasteiger partial charge in [-0.2, -0.15) is 0 Å². The Labute approximate surface area is 205 Å². The Morgan fingerprint density at radius 2 is 1.83 bits per heavy atom. The second-order valence-electron chi connectivity index (χ2n) is 9.57. The minimum absolute atomic E-state index is 0.0357. The van der Waals surface area contributed by atoms with Crippen LogP contribution in [0.2, 0.25) is 0 Å². The molecule has 35 heavy (non-hydrogen) atoms. The van der Waals surface area contributed by atoms with Crippen molar-refractivity contribution in [1.29, 1.82) is 0 Å². The molecule has 0 spiro atoms. The predicted molar refractivity (Wildman–Crippen MR) is 134 cm³/mol. The molecule has 5 nitrogen and oxygen atoms in total. The molecule has 0 aliphatic carbocycles. The molecule has 1 saturated heterocycles. The van der Waals surface area contributed by atoms with Gasteiger partial charge in [0.2, 0.25) is 0 Å². The van der Waals surface area contributed by atoms with Crippen molar-refractivity contribution in [3.63, 3.8) is 0 Å². The summed E-state index contributed by atoms with van der Waals surface area (Å²) in [6.45, 7) is 7.29. The molecule has 0 amide bonds. The summed E-state index contributed by atoms with van der Waals surface area (Å²) in [5, 5.41) is 19.9. The average molecular weight is 476 g/mol. The van der Waals surface area contributed by atoms with E-state index in [-0.39, 0.29) is 17.1 Å². The first-order chi connectivity index (χ1) is 16.9. The lowest BCUT2D eigenvalue weighted by Crippen LogP contribution is -2.35. The van der Waals surface area contributed by atoms with Crippen LogP contribution in [-0.2, 0) is 0 Å². The minimum atomic E-state index is -0.729. The highest BCUT2D eigenvalue weighted by atomic mass is 19.1. The number of phenols is 2. The van der Waals surface area contributed by atoms with Crippen LogP contribution < -0.4 is 9.47 Å². The summed E-state index contributed by atoms with van der Waals surface area (Å²) in [5.41, 5.74) is 1.75. The third kappa shape index (κ3) is 4.84. The standard InChI is InChI=1S/C29H30FNO4/c1-18-12-13-31(16-18)19(2)17-34-24-9-6-20(7-10-24)29-27(21-4-3-5-22(32)14-21)28(30)25-15-23(33)8-11-26(25)35-29/h3-11,14-15,18-19,29,32-33H,12-13,16-17H2,1-2H3/t18-,19+,29?/m1/s1. The summed E-state index contributed by atoms with van der Waals surface area (Å²) < 4.78 is 28.1. The van der Waals surface area contributed by atoms with E-state index >= 15 is 4.39 Å². The van der Waals surface area contributed by atoms with Crippen molar-refractivity contribution in [1.82, 2.24) is 4.90 Å². The molecule has 1 unspecified atom stereocenters. The van der Waals surface area contributed by atoms with Gasteiger partial charge in [-0.05, 0) is 79.4 Å². The lowest BCUT2D eigenvalue weighted by molar-refractivity contribution is 0.169. The van der Waals surface area contributed by atoms with Gasteiger partial charge in [0, 0.05) is 18.2 Å². The molecule has 2 heterocycles. The first kappa shape index (κ1) is 23.2. The van der Waals surface area contributed by atoms with E-state index in [0.717, 1.165) is 30.3 Å². The summed E-state index contributed by atoms with van der Waals surface area (Å²) in [6.07, 6.45) is 0.502. The van der Waals surface area contributed by atoms with Gasteiger partial charge in [-0.3, -0.25) is 4.90 Å². The van der Waals surface area contributed by atoms with Gasteiger partial charge in [-0.1, -0.05) is 31.2 Å². The van der Waals surface area contributed by atoms with Gasteiger partial charge < -0.3 is 19.7 Å². The Bertz CT molecular complexity index is 1240. The molecule has 0 radical (unpaired) electrons. The molecule has 2 aliphatic rings. The molecule has 0 aromatic heterocycles. The van der Waals surface area contributed by atoms with E-state index in [4.69, 9.17) is 9.47 Å². The maximum absolute atomic E-state index is 15.8. The molecule has 2 aliphatic heterocycles. The third-order valence-electron chi connectivity index (χ3n) is 6.85. The number of hydrogen-bond donors (Lipinski definition) is 2. The molecule has 6 heteroatoms. The molecule has 0 bridgehead atoms. The lowest BCUT2D eigenvalue weighted by Gasteiger charge is -2.29. The first-order valence-electron chi connectivity index (χ1n) is 12.0. The van der Waals surface area contributed by atoms with E-state index in [1.54, 1.807) is 18.2 Å². The van der Waals surface area contributed by atoms with Gasteiger partial charge in [0.1, 0.15) is 35.4 Å². The zero-order chi connectivity index (χ0) is 24.5. The van der Waals surface area contributed by atoms with Crippen LogP contribution in [0.4, 0.5) is 4.39 Å². The van der Waals surface area contributed by atoms with Crippen LogP contribution in [0.1, 0.15) is 43.1 Å². The number of benzene rings is 3. The van der Waals surface area contributed by atoms with Crippen LogP contribution in [0.25, 0.3) is 11.4 Å². The van der Waals surface area contributed by atoms with Crippen molar-refractivity contribution < 1.29 is 24.1 Å². The minimum Gasteiger partial charge on any atom is -0.508 e. The largest absolute Gasteiger partial charge is 0.508 e. The molecular formula is C29H30FNO4. The highest BCUT2D eigenvalue weighted by Crippen LogP contribution is 2.48. The maximum atomic E-state index is 15.8. The summed E-state index contributed by atoms with van der Waals surface area (Å²) in [7, 11) is 0. The van der Waals surface area contributed by atoms with Gasteiger partial charge in [0.05, 0.1) is 5.56 Å². The Morgan fingerprint density at radius 1 is 1.06 bits per heavy atom. The number of hydrogen-bond acceptors (Lipinski definition) is 5. The topological polar surface area (TPSA) is 62.2 Å². The van der Waals surface area contributed by atoms with Gasteiger partial charge in [-0.25, -0.2) is 4.39 Å². The highest BCUT2D eigenvalue weighted by molar-refractivity contribution is 5.93. The van der Waals surface area contributed by atoms with Gasteiger partial charge >= 0.3 is 0 Å². The number of likely N-dealkylation sites (tertiary alicyclic amines) is 1. The summed E-state index contributed by atoms with van der Waals surface area (Å²) >= 11 is 0. The number of phenolic OH excluding ortho intramolecular Hbond substituents is 2. The van der Waals surface area contributed by atoms with E-state index < -0.39 is 11.9 Å². The van der Waals surface area contributed by atoms with Gasteiger partial charge in [0.15, 0.2) is 6.10 Å². The van der Waals surface area contributed by atoms with Crippen molar-refractivity contribution in [3.8, 4) is 23.0 Å². The zero-order valence-corrected chi connectivity index (χ0v) is 19.9. The van der Waals surface area contributed by atoms with Crippen molar-refractivity contribution >= 4 is 11.4 Å². The molecule has 2 N–H and O–H groups in total. The first-order valence-corrected chi connectivity index (χ1v) is 12.0. The number of fused-ring (bicyclic) bond motifs is 1. The van der Waals surface area contributed by atoms with Crippen molar-refractivity contribution in [3.05, 3.63) is 83.4 Å².